The topological polar surface area (TPSA) is 70.1 Å². The van der Waals surface area contributed by atoms with E-state index in [0.717, 1.165) is 27.9 Å². The predicted molar refractivity (Wildman–Crippen MR) is 148 cm³/mol. The minimum absolute atomic E-state index is 0.211. The fourth-order valence-electron chi connectivity index (χ4n) is 5.50. The van der Waals surface area contributed by atoms with E-state index in [-0.39, 0.29) is 34.9 Å². The third-order valence-corrected chi connectivity index (χ3v) is 7.49. The van der Waals surface area contributed by atoms with E-state index in [1.54, 1.807) is 5.06 Å². The van der Waals surface area contributed by atoms with Crippen molar-refractivity contribution in [1.29, 1.82) is 0 Å². The molecule has 6 nitrogen and oxygen atoms in total. The molecule has 3 aromatic rings. The van der Waals surface area contributed by atoms with Gasteiger partial charge in [0, 0.05) is 0 Å². The molecule has 38 heavy (non-hydrogen) atoms. The maximum Gasteiger partial charge on any atom is 0.262 e. The van der Waals surface area contributed by atoms with Crippen molar-refractivity contribution in [2.24, 2.45) is 5.92 Å². The Morgan fingerprint density at radius 2 is 1.32 bits per heavy atom. The van der Waals surface area contributed by atoms with Crippen molar-refractivity contribution in [2.75, 3.05) is 5.06 Å². The molecule has 2 heterocycles. The molecule has 6 heteroatoms. The quantitative estimate of drug-likeness (QED) is 0.432. The molecule has 2 fully saturated rings. The van der Waals surface area contributed by atoms with Gasteiger partial charge in [-0.25, -0.2) is 5.06 Å². The van der Waals surface area contributed by atoms with Gasteiger partial charge in [0.15, 0.2) is 6.10 Å². The van der Waals surface area contributed by atoms with E-state index in [0.29, 0.717) is 0 Å². The Balaban J connectivity index is 1.65. The van der Waals surface area contributed by atoms with E-state index in [4.69, 9.17) is 4.84 Å². The Labute approximate surface area is 224 Å². The molecule has 2 saturated heterocycles. The van der Waals surface area contributed by atoms with Gasteiger partial charge in [0.25, 0.3) is 5.91 Å². The molecule has 0 saturated carbocycles. The number of hydroxylamine groups is 1. The zero-order chi connectivity index (χ0) is 27.4. The monoisotopic (exact) mass is 512 g/mol. The zero-order valence-electron chi connectivity index (χ0n) is 22.9. The summed E-state index contributed by atoms with van der Waals surface area (Å²) >= 11 is 0. The number of fused-ring (bicyclic) bond motifs is 1. The minimum Gasteiger partial charge on any atom is -0.507 e. The lowest BCUT2D eigenvalue weighted by Crippen LogP contribution is -2.37. The lowest BCUT2D eigenvalue weighted by Gasteiger charge is -2.33. The molecule has 3 unspecified atom stereocenters. The highest BCUT2D eigenvalue weighted by Gasteiger charge is 2.60. The Morgan fingerprint density at radius 1 is 0.789 bits per heavy atom. The molecule has 5 rings (SSSR count). The molecule has 0 bridgehead atoms. The van der Waals surface area contributed by atoms with Crippen LogP contribution >= 0.6 is 0 Å². The molecular formula is C32H36N2O4. The van der Waals surface area contributed by atoms with Crippen LogP contribution in [-0.4, -0.2) is 27.9 Å². The third-order valence-electron chi connectivity index (χ3n) is 7.49. The fourth-order valence-corrected chi connectivity index (χ4v) is 5.50. The van der Waals surface area contributed by atoms with Crippen molar-refractivity contribution in [2.45, 2.75) is 71.1 Å². The highest BCUT2D eigenvalue weighted by molar-refractivity contribution is 6.07. The number of nitrogens with zero attached hydrogens (tertiary/aromatic N) is 2. The van der Waals surface area contributed by atoms with Gasteiger partial charge in [-0.3, -0.25) is 19.3 Å². The number of carbonyl (C=O) groups is 2. The maximum atomic E-state index is 13.9. The normalized spacial score (nSPS) is 21.8. The number of phenolic OH excluding ortho intramolecular Hbond substituents is 1. The first-order valence-corrected chi connectivity index (χ1v) is 13.2. The van der Waals surface area contributed by atoms with Crippen LogP contribution in [0.3, 0.4) is 0 Å². The highest BCUT2D eigenvalue weighted by Crippen LogP contribution is 2.49. The molecule has 2 amide bonds. The van der Waals surface area contributed by atoms with Crippen LogP contribution in [0.15, 0.2) is 72.8 Å². The Bertz CT molecular complexity index is 1320. The molecule has 0 aliphatic carbocycles. The number of aromatic hydroxyl groups is 1. The van der Waals surface area contributed by atoms with E-state index in [1.165, 1.54) is 4.90 Å². The summed E-state index contributed by atoms with van der Waals surface area (Å²) in [5.41, 5.74) is 3.42. The molecule has 0 aromatic heterocycles. The lowest BCUT2D eigenvalue weighted by atomic mass is 9.76. The van der Waals surface area contributed by atoms with Gasteiger partial charge in [-0.2, -0.15) is 0 Å². The van der Waals surface area contributed by atoms with E-state index in [1.807, 2.05) is 72.8 Å². The Morgan fingerprint density at radius 3 is 1.84 bits per heavy atom. The number of hydrogen-bond acceptors (Lipinski definition) is 5. The number of amides is 2. The minimum atomic E-state index is -0.915. The van der Waals surface area contributed by atoms with Gasteiger partial charge in [-0.15, -0.1) is 0 Å². The van der Waals surface area contributed by atoms with E-state index >= 15 is 0 Å². The first kappa shape index (κ1) is 26.0. The summed E-state index contributed by atoms with van der Waals surface area (Å²) in [5, 5.41) is 13.0. The van der Waals surface area contributed by atoms with Crippen molar-refractivity contribution in [3.8, 4) is 5.75 Å². The number of hydrogen-bond donors (Lipinski definition) is 1. The average Bonchev–Trinajstić information content (AvgIpc) is 3.36. The molecule has 0 spiro atoms. The number of phenols is 1. The van der Waals surface area contributed by atoms with E-state index in [9.17, 15) is 14.7 Å². The molecule has 1 N–H and O–H groups in total. The second-order valence-corrected chi connectivity index (χ2v) is 12.4. The summed E-state index contributed by atoms with van der Waals surface area (Å²) in [6.07, 6.45) is -0.915. The van der Waals surface area contributed by atoms with Crippen molar-refractivity contribution < 1.29 is 19.5 Å². The molecule has 3 atom stereocenters. The van der Waals surface area contributed by atoms with Gasteiger partial charge in [0.2, 0.25) is 5.91 Å². The lowest BCUT2D eigenvalue weighted by molar-refractivity contribution is -0.143. The highest BCUT2D eigenvalue weighted by atomic mass is 16.7. The van der Waals surface area contributed by atoms with Crippen LogP contribution in [0.5, 0.6) is 5.75 Å². The summed E-state index contributed by atoms with van der Waals surface area (Å²) in [6.45, 7) is 12.6. The van der Waals surface area contributed by atoms with Gasteiger partial charge < -0.3 is 5.11 Å². The standard InChI is InChI=1S/C32H36N2O4/c1-31(2,3)23-17-21(18-24(27(23)35)32(4,5)6)26-25-28(38-34(26)22-15-11-8-12-16-22)30(37)33(29(25)36)19-20-13-9-7-10-14-20/h7-18,25-26,28,35H,19H2,1-6H3. The maximum absolute atomic E-state index is 13.9. The first-order valence-electron chi connectivity index (χ1n) is 13.2. The van der Waals surface area contributed by atoms with Crippen LogP contribution in [0.2, 0.25) is 0 Å². The summed E-state index contributed by atoms with van der Waals surface area (Å²) in [6, 6.07) is 22.5. The van der Waals surface area contributed by atoms with Crippen LogP contribution in [-0.2, 0) is 31.8 Å². The van der Waals surface area contributed by atoms with Crippen molar-refractivity contribution in [3.05, 3.63) is 95.1 Å². The molecule has 0 radical (unpaired) electrons. The second-order valence-electron chi connectivity index (χ2n) is 12.4. The number of anilines is 1. The van der Waals surface area contributed by atoms with Gasteiger partial charge in [-0.1, -0.05) is 90.1 Å². The molecule has 2 aliphatic rings. The number of carbonyl (C=O) groups excluding carboxylic acids is 2. The van der Waals surface area contributed by atoms with Gasteiger partial charge in [0.1, 0.15) is 11.7 Å². The van der Waals surface area contributed by atoms with E-state index < -0.39 is 18.1 Å². The smallest absolute Gasteiger partial charge is 0.262 e. The van der Waals surface area contributed by atoms with Crippen molar-refractivity contribution >= 4 is 17.5 Å². The summed E-state index contributed by atoms with van der Waals surface area (Å²) in [5.74, 6) is -1.00. The molecular weight excluding hydrogens is 476 g/mol. The predicted octanol–water partition coefficient (Wildman–Crippen LogP) is 6.03. The van der Waals surface area contributed by atoms with Gasteiger partial charge >= 0.3 is 0 Å². The van der Waals surface area contributed by atoms with Crippen molar-refractivity contribution in [1.82, 2.24) is 4.90 Å². The SMILES string of the molecule is CC(C)(C)c1cc(C2C3C(=O)N(Cc4ccccc4)C(=O)C3ON2c2ccccc2)cc(C(C)(C)C)c1O. The van der Waals surface area contributed by atoms with Crippen LogP contribution in [0.25, 0.3) is 0 Å². The summed E-state index contributed by atoms with van der Waals surface area (Å²) in [4.78, 5) is 35.2. The number of benzene rings is 3. The fraction of sp³-hybridized carbons (Fsp3) is 0.375. The van der Waals surface area contributed by atoms with Crippen molar-refractivity contribution in [3.63, 3.8) is 0 Å². The first-order chi connectivity index (χ1) is 17.9. The van der Waals surface area contributed by atoms with Crippen LogP contribution in [0.4, 0.5) is 5.69 Å². The number of rotatable bonds is 4. The van der Waals surface area contributed by atoms with Gasteiger partial charge in [0.05, 0.1) is 18.3 Å². The van der Waals surface area contributed by atoms with E-state index in [2.05, 4.69) is 41.5 Å². The Kier molecular flexibility index (Phi) is 6.35. The zero-order valence-corrected chi connectivity index (χ0v) is 22.9. The summed E-state index contributed by atoms with van der Waals surface area (Å²) in [7, 11) is 0. The van der Waals surface area contributed by atoms with Crippen LogP contribution in [0, 0.1) is 5.92 Å². The van der Waals surface area contributed by atoms with Gasteiger partial charge in [-0.05, 0) is 57.3 Å². The van der Waals surface area contributed by atoms with Crippen LogP contribution < -0.4 is 5.06 Å². The number of likely N-dealkylation sites (tertiary alicyclic amines) is 1. The molecule has 198 valence electrons. The van der Waals surface area contributed by atoms with Crippen LogP contribution in [0.1, 0.15) is 69.8 Å². The summed E-state index contributed by atoms with van der Waals surface area (Å²) < 4.78 is 0. The largest absolute Gasteiger partial charge is 0.507 e. The second kappa shape index (κ2) is 9.28. The number of imide groups is 1. The third kappa shape index (κ3) is 4.47. The molecule has 2 aliphatic heterocycles. The molecule has 3 aromatic carbocycles. The average molecular weight is 513 g/mol. The number of para-hydroxylation sites is 1. The Hall–Kier alpha value is -3.64.